The molecule has 0 aromatic carbocycles. The first-order valence-corrected chi connectivity index (χ1v) is 7.77. The summed E-state index contributed by atoms with van der Waals surface area (Å²) in [6, 6.07) is 5.04. The maximum atomic E-state index is 12.3. The van der Waals surface area contributed by atoms with Crippen LogP contribution in [0.15, 0.2) is 18.2 Å². The van der Waals surface area contributed by atoms with Crippen molar-refractivity contribution in [3.05, 3.63) is 29.6 Å². The van der Waals surface area contributed by atoms with Gasteiger partial charge < -0.3 is 10.2 Å². The summed E-state index contributed by atoms with van der Waals surface area (Å²) in [5.74, 6) is -0.282. The third kappa shape index (κ3) is 4.28. The number of amides is 2. The van der Waals surface area contributed by atoms with E-state index in [1.807, 2.05) is 0 Å². The Hall–Kier alpha value is -1.91. The lowest BCUT2D eigenvalue weighted by Gasteiger charge is -2.14. The molecule has 0 atom stereocenters. The van der Waals surface area contributed by atoms with Crippen LogP contribution in [0.4, 0.5) is 0 Å². The van der Waals surface area contributed by atoms with Gasteiger partial charge in [-0.3, -0.25) is 9.59 Å². The van der Waals surface area contributed by atoms with Gasteiger partial charge in [0, 0.05) is 19.6 Å². The predicted molar refractivity (Wildman–Crippen MR) is 81.2 cm³/mol. The van der Waals surface area contributed by atoms with Crippen molar-refractivity contribution in [1.29, 1.82) is 0 Å². The number of pyridine rings is 1. The van der Waals surface area contributed by atoms with Crippen molar-refractivity contribution in [2.45, 2.75) is 39.0 Å². The Labute approximate surface area is 125 Å². The molecule has 0 aliphatic carbocycles. The van der Waals surface area contributed by atoms with Crippen molar-refractivity contribution in [2.24, 2.45) is 0 Å². The molecular weight excluding hydrogens is 266 g/mol. The Morgan fingerprint density at radius 3 is 2.62 bits per heavy atom. The average Bonchev–Trinajstić information content (AvgIpc) is 3.05. The minimum Gasteiger partial charge on any atom is -0.351 e. The molecule has 1 saturated heterocycles. The van der Waals surface area contributed by atoms with Gasteiger partial charge in [-0.25, -0.2) is 4.98 Å². The third-order valence-corrected chi connectivity index (χ3v) is 3.66. The van der Waals surface area contributed by atoms with Crippen LogP contribution in [0.2, 0.25) is 0 Å². The zero-order valence-corrected chi connectivity index (χ0v) is 12.6. The zero-order chi connectivity index (χ0) is 15.1. The van der Waals surface area contributed by atoms with Crippen LogP contribution in [-0.4, -0.2) is 41.3 Å². The van der Waals surface area contributed by atoms with E-state index in [0.29, 0.717) is 17.9 Å². The maximum Gasteiger partial charge on any atom is 0.272 e. The van der Waals surface area contributed by atoms with Gasteiger partial charge in [0.1, 0.15) is 11.4 Å². The number of hydrogen-bond donors (Lipinski definition) is 1. The Kier molecular flexibility index (Phi) is 5.72. The van der Waals surface area contributed by atoms with Crippen LogP contribution in [-0.2, 0) is 0 Å². The van der Waals surface area contributed by atoms with Gasteiger partial charge in [0.25, 0.3) is 11.8 Å². The molecule has 0 radical (unpaired) electrons. The second-order valence-electron chi connectivity index (χ2n) is 5.37. The van der Waals surface area contributed by atoms with Crippen LogP contribution in [0.25, 0.3) is 0 Å². The van der Waals surface area contributed by atoms with Gasteiger partial charge in [0.15, 0.2) is 0 Å². The lowest BCUT2D eigenvalue weighted by Crippen LogP contribution is -2.30. The predicted octanol–water partition coefficient (Wildman–Crippen LogP) is 2.24. The molecule has 1 fully saturated rings. The van der Waals surface area contributed by atoms with Gasteiger partial charge in [0.2, 0.25) is 0 Å². The van der Waals surface area contributed by atoms with Gasteiger partial charge in [-0.2, -0.15) is 0 Å². The van der Waals surface area contributed by atoms with Crippen LogP contribution >= 0.6 is 0 Å². The average molecular weight is 289 g/mol. The largest absolute Gasteiger partial charge is 0.351 e. The molecule has 0 spiro atoms. The number of carbonyl (C=O) groups is 2. The first-order valence-electron chi connectivity index (χ1n) is 7.77. The van der Waals surface area contributed by atoms with Crippen LogP contribution in [0.1, 0.15) is 60.0 Å². The Bertz CT molecular complexity index is 496. The van der Waals surface area contributed by atoms with E-state index in [-0.39, 0.29) is 11.8 Å². The van der Waals surface area contributed by atoms with Gasteiger partial charge in [-0.1, -0.05) is 25.8 Å². The van der Waals surface area contributed by atoms with Crippen molar-refractivity contribution < 1.29 is 9.59 Å². The van der Waals surface area contributed by atoms with Gasteiger partial charge in [-0.05, 0) is 31.4 Å². The van der Waals surface area contributed by atoms with E-state index >= 15 is 0 Å². The molecular formula is C16H23N3O2. The third-order valence-electron chi connectivity index (χ3n) is 3.66. The molecule has 2 heterocycles. The molecule has 2 amide bonds. The summed E-state index contributed by atoms with van der Waals surface area (Å²) >= 11 is 0. The molecule has 5 heteroatoms. The number of hydrogen-bond acceptors (Lipinski definition) is 3. The fraction of sp³-hybridized carbons (Fsp3) is 0.562. The molecule has 0 unspecified atom stereocenters. The highest BCUT2D eigenvalue weighted by molar-refractivity contribution is 5.96. The number of rotatable bonds is 6. The topological polar surface area (TPSA) is 62.3 Å². The summed E-state index contributed by atoms with van der Waals surface area (Å²) in [6.07, 6.45) is 5.27. The number of aromatic nitrogens is 1. The molecule has 1 N–H and O–H groups in total. The fourth-order valence-electron chi connectivity index (χ4n) is 2.43. The van der Waals surface area contributed by atoms with E-state index in [1.54, 1.807) is 23.1 Å². The number of nitrogens with zero attached hydrogens (tertiary/aromatic N) is 2. The molecule has 114 valence electrons. The molecule has 1 aliphatic heterocycles. The molecule has 21 heavy (non-hydrogen) atoms. The first kappa shape index (κ1) is 15.5. The quantitative estimate of drug-likeness (QED) is 0.817. The van der Waals surface area contributed by atoms with Crippen molar-refractivity contribution >= 4 is 11.8 Å². The lowest BCUT2D eigenvalue weighted by molar-refractivity contribution is 0.0787. The Morgan fingerprint density at radius 2 is 1.90 bits per heavy atom. The second kappa shape index (κ2) is 7.76. The van der Waals surface area contributed by atoms with Crippen LogP contribution in [0.5, 0.6) is 0 Å². The second-order valence-corrected chi connectivity index (χ2v) is 5.37. The summed E-state index contributed by atoms with van der Waals surface area (Å²) in [7, 11) is 0. The number of nitrogens with one attached hydrogen (secondary N) is 1. The smallest absolute Gasteiger partial charge is 0.272 e. The number of likely N-dealkylation sites (tertiary alicyclic amines) is 1. The van der Waals surface area contributed by atoms with E-state index in [1.165, 1.54) is 0 Å². The SMILES string of the molecule is CCCCCNC(=O)c1cccc(C(=O)N2CCCC2)n1. The summed E-state index contributed by atoms with van der Waals surface area (Å²) in [5, 5.41) is 2.84. The molecule has 1 aliphatic rings. The minimum atomic E-state index is -0.206. The fourth-order valence-corrected chi connectivity index (χ4v) is 2.43. The van der Waals surface area contributed by atoms with Crippen LogP contribution < -0.4 is 5.32 Å². The highest BCUT2D eigenvalue weighted by atomic mass is 16.2. The van der Waals surface area contributed by atoms with E-state index in [0.717, 1.165) is 45.2 Å². The normalized spacial score (nSPS) is 14.2. The molecule has 0 saturated carbocycles. The molecule has 5 nitrogen and oxygen atoms in total. The number of carbonyl (C=O) groups excluding carboxylic acids is 2. The van der Waals surface area contributed by atoms with Gasteiger partial charge in [0.05, 0.1) is 0 Å². The Balaban J connectivity index is 1.96. The van der Waals surface area contributed by atoms with E-state index in [4.69, 9.17) is 0 Å². The van der Waals surface area contributed by atoms with Crippen molar-refractivity contribution in [2.75, 3.05) is 19.6 Å². The molecule has 0 bridgehead atoms. The van der Waals surface area contributed by atoms with E-state index < -0.39 is 0 Å². The molecule has 1 aromatic heterocycles. The van der Waals surface area contributed by atoms with Gasteiger partial charge in [-0.15, -0.1) is 0 Å². The zero-order valence-electron chi connectivity index (χ0n) is 12.6. The Morgan fingerprint density at radius 1 is 1.19 bits per heavy atom. The van der Waals surface area contributed by atoms with Crippen LogP contribution in [0.3, 0.4) is 0 Å². The van der Waals surface area contributed by atoms with Crippen molar-refractivity contribution in [3.8, 4) is 0 Å². The monoisotopic (exact) mass is 289 g/mol. The highest BCUT2D eigenvalue weighted by Gasteiger charge is 2.21. The summed E-state index contributed by atoms with van der Waals surface area (Å²) in [4.78, 5) is 30.3. The highest BCUT2D eigenvalue weighted by Crippen LogP contribution is 2.12. The summed E-state index contributed by atoms with van der Waals surface area (Å²) in [6.45, 7) is 4.34. The standard InChI is InChI=1S/C16H23N3O2/c1-2-3-4-10-17-15(20)13-8-7-9-14(18-13)16(21)19-11-5-6-12-19/h7-9H,2-6,10-12H2,1H3,(H,17,20). The summed E-state index contributed by atoms with van der Waals surface area (Å²) < 4.78 is 0. The van der Waals surface area contributed by atoms with Crippen LogP contribution in [0, 0.1) is 0 Å². The van der Waals surface area contributed by atoms with E-state index in [9.17, 15) is 9.59 Å². The lowest BCUT2D eigenvalue weighted by atomic mass is 10.2. The molecule has 1 aromatic rings. The minimum absolute atomic E-state index is 0.0758. The summed E-state index contributed by atoms with van der Waals surface area (Å²) in [5.41, 5.74) is 0.676. The van der Waals surface area contributed by atoms with E-state index in [2.05, 4.69) is 17.2 Å². The van der Waals surface area contributed by atoms with Gasteiger partial charge >= 0.3 is 0 Å². The van der Waals surface area contributed by atoms with Crippen molar-refractivity contribution in [1.82, 2.24) is 15.2 Å². The maximum absolute atomic E-state index is 12.3. The first-order chi connectivity index (χ1) is 10.2. The number of unbranched alkanes of at least 4 members (excludes halogenated alkanes) is 2. The van der Waals surface area contributed by atoms with Crippen molar-refractivity contribution in [3.63, 3.8) is 0 Å². The molecule has 2 rings (SSSR count).